The largest absolute Gasteiger partial charge is 0.371 e. The van der Waals surface area contributed by atoms with Gasteiger partial charge in [-0.05, 0) is 49.4 Å². The second-order valence-electron chi connectivity index (χ2n) is 7.11. The van der Waals surface area contributed by atoms with Crippen LogP contribution in [0, 0.1) is 5.92 Å². The van der Waals surface area contributed by atoms with Gasteiger partial charge in [-0.1, -0.05) is 13.8 Å². The van der Waals surface area contributed by atoms with E-state index in [-0.39, 0.29) is 5.91 Å². The second-order valence-corrected chi connectivity index (χ2v) is 7.11. The van der Waals surface area contributed by atoms with Crippen LogP contribution in [0.5, 0.6) is 0 Å². The van der Waals surface area contributed by atoms with Crippen LogP contribution in [-0.4, -0.2) is 26.0 Å². The van der Waals surface area contributed by atoms with Crippen molar-refractivity contribution in [3.63, 3.8) is 0 Å². The third-order valence-electron chi connectivity index (χ3n) is 5.15. The molecule has 1 unspecified atom stereocenters. The third-order valence-corrected chi connectivity index (χ3v) is 5.15. The number of anilines is 2. The molecule has 3 nitrogen and oxygen atoms in total. The maximum absolute atomic E-state index is 12.4. The summed E-state index contributed by atoms with van der Waals surface area (Å²) in [5.41, 5.74) is 4.54. The molecule has 0 saturated carbocycles. The number of rotatable bonds is 1. The lowest BCUT2D eigenvalue weighted by Gasteiger charge is -2.26. The standard InChI is InChI=1S/C17H24N2O/c1-10(2)13-7-11-8-15-12(9-14(11)18(13)5)17(3,4)16(20)19(15)6/h8-10,13H,7H2,1-6H3. The highest BCUT2D eigenvalue weighted by molar-refractivity contribution is 6.07. The molecule has 1 amide bonds. The predicted octanol–water partition coefficient (Wildman–Crippen LogP) is 2.96. The Kier molecular flexibility index (Phi) is 2.69. The zero-order valence-corrected chi connectivity index (χ0v) is 13.3. The van der Waals surface area contributed by atoms with Crippen LogP contribution < -0.4 is 9.80 Å². The minimum Gasteiger partial charge on any atom is -0.371 e. The summed E-state index contributed by atoms with van der Waals surface area (Å²) in [6.45, 7) is 8.61. The molecule has 1 atom stereocenters. The Labute approximate surface area is 121 Å². The highest BCUT2D eigenvalue weighted by Gasteiger charge is 2.44. The van der Waals surface area contributed by atoms with E-state index >= 15 is 0 Å². The molecule has 1 aromatic rings. The normalized spacial score (nSPS) is 23.6. The van der Waals surface area contributed by atoms with E-state index in [2.05, 4.69) is 37.9 Å². The van der Waals surface area contributed by atoms with Crippen LogP contribution in [-0.2, 0) is 16.6 Å². The molecular formula is C17H24N2O. The van der Waals surface area contributed by atoms with Gasteiger partial charge in [-0.3, -0.25) is 4.79 Å². The number of likely N-dealkylation sites (N-methyl/N-ethyl adjacent to an activating group) is 2. The Morgan fingerprint density at radius 3 is 2.45 bits per heavy atom. The molecule has 0 aromatic heterocycles. The maximum atomic E-state index is 12.4. The summed E-state index contributed by atoms with van der Waals surface area (Å²) in [7, 11) is 4.07. The fourth-order valence-electron chi connectivity index (χ4n) is 3.76. The fourth-order valence-corrected chi connectivity index (χ4v) is 3.76. The summed E-state index contributed by atoms with van der Waals surface area (Å²) in [4.78, 5) is 16.6. The van der Waals surface area contributed by atoms with Crippen LogP contribution in [0.4, 0.5) is 11.4 Å². The molecule has 3 heteroatoms. The lowest BCUT2D eigenvalue weighted by Crippen LogP contribution is -2.34. The smallest absolute Gasteiger partial charge is 0.236 e. The van der Waals surface area contributed by atoms with E-state index in [9.17, 15) is 4.79 Å². The van der Waals surface area contributed by atoms with Gasteiger partial charge in [0.25, 0.3) is 0 Å². The lowest BCUT2D eigenvalue weighted by atomic mass is 9.85. The highest BCUT2D eigenvalue weighted by atomic mass is 16.2. The van der Waals surface area contributed by atoms with Crippen LogP contribution >= 0.6 is 0 Å². The molecule has 2 aliphatic heterocycles. The molecule has 0 radical (unpaired) electrons. The Hall–Kier alpha value is -1.51. The first-order chi connectivity index (χ1) is 9.25. The molecular weight excluding hydrogens is 248 g/mol. The zero-order chi connectivity index (χ0) is 14.8. The Balaban J connectivity index is 2.13. The van der Waals surface area contributed by atoms with Crippen molar-refractivity contribution in [1.82, 2.24) is 0 Å². The number of carbonyl (C=O) groups excluding carboxylic acids is 1. The molecule has 0 saturated heterocycles. The Morgan fingerprint density at radius 2 is 1.85 bits per heavy atom. The average Bonchev–Trinajstić information content (AvgIpc) is 2.79. The maximum Gasteiger partial charge on any atom is 0.236 e. The van der Waals surface area contributed by atoms with Gasteiger partial charge in [-0.2, -0.15) is 0 Å². The molecule has 0 spiro atoms. The van der Waals surface area contributed by atoms with Crippen LogP contribution in [0.2, 0.25) is 0 Å². The first-order valence-electron chi connectivity index (χ1n) is 7.43. The van der Waals surface area contributed by atoms with Gasteiger partial charge < -0.3 is 9.80 Å². The first-order valence-corrected chi connectivity index (χ1v) is 7.43. The van der Waals surface area contributed by atoms with Crippen molar-refractivity contribution in [3.8, 4) is 0 Å². The van der Waals surface area contributed by atoms with Crippen LogP contribution in [0.1, 0.15) is 38.8 Å². The summed E-state index contributed by atoms with van der Waals surface area (Å²) in [5, 5.41) is 0. The minimum absolute atomic E-state index is 0.194. The van der Waals surface area contributed by atoms with Crippen LogP contribution in [0.15, 0.2) is 12.1 Å². The number of hydrogen-bond donors (Lipinski definition) is 0. The molecule has 20 heavy (non-hydrogen) atoms. The molecule has 108 valence electrons. The summed E-state index contributed by atoms with van der Waals surface area (Å²) >= 11 is 0. The van der Waals surface area contributed by atoms with Gasteiger partial charge >= 0.3 is 0 Å². The van der Waals surface area contributed by atoms with Gasteiger partial charge in [-0.15, -0.1) is 0 Å². The second kappa shape index (κ2) is 4.00. The summed E-state index contributed by atoms with van der Waals surface area (Å²) in [6, 6.07) is 5.04. The van der Waals surface area contributed by atoms with Crippen molar-refractivity contribution < 1.29 is 4.79 Å². The van der Waals surface area contributed by atoms with Gasteiger partial charge in [0.05, 0.1) is 5.41 Å². The Morgan fingerprint density at radius 1 is 1.20 bits per heavy atom. The molecule has 0 bridgehead atoms. The van der Waals surface area contributed by atoms with E-state index in [4.69, 9.17) is 0 Å². The van der Waals surface area contributed by atoms with Gasteiger partial charge in [0.1, 0.15) is 0 Å². The van der Waals surface area contributed by atoms with Gasteiger partial charge in [0.2, 0.25) is 5.91 Å². The van der Waals surface area contributed by atoms with Crippen molar-refractivity contribution in [2.24, 2.45) is 5.92 Å². The van der Waals surface area contributed by atoms with E-state index < -0.39 is 5.41 Å². The summed E-state index contributed by atoms with van der Waals surface area (Å²) in [5.74, 6) is 0.828. The van der Waals surface area contributed by atoms with Crippen molar-refractivity contribution in [1.29, 1.82) is 0 Å². The van der Waals surface area contributed by atoms with E-state index in [0.29, 0.717) is 12.0 Å². The SMILES string of the molecule is CC(C)C1Cc2cc3c(cc2N1C)C(C)(C)C(=O)N3C. The minimum atomic E-state index is -0.407. The highest BCUT2D eigenvalue weighted by Crippen LogP contribution is 2.46. The quantitative estimate of drug-likeness (QED) is 0.784. The molecule has 0 aliphatic carbocycles. The summed E-state index contributed by atoms with van der Waals surface area (Å²) < 4.78 is 0. The van der Waals surface area contributed by atoms with E-state index in [1.807, 2.05) is 25.8 Å². The number of nitrogens with zero attached hydrogens (tertiary/aromatic N) is 2. The zero-order valence-electron chi connectivity index (χ0n) is 13.3. The average molecular weight is 272 g/mol. The van der Waals surface area contributed by atoms with E-state index in [1.54, 1.807) is 0 Å². The van der Waals surface area contributed by atoms with E-state index in [0.717, 1.165) is 12.1 Å². The van der Waals surface area contributed by atoms with Crippen molar-refractivity contribution in [3.05, 3.63) is 23.3 Å². The molecule has 3 rings (SSSR count). The monoisotopic (exact) mass is 272 g/mol. The number of amides is 1. The number of hydrogen-bond acceptors (Lipinski definition) is 2. The fraction of sp³-hybridized carbons (Fsp3) is 0.588. The van der Waals surface area contributed by atoms with Crippen molar-refractivity contribution in [2.45, 2.75) is 45.6 Å². The van der Waals surface area contributed by atoms with Gasteiger partial charge in [-0.25, -0.2) is 0 Å². The molecule has 1 aromatic carbocycles. The van der Waals surface area contributed by atoms with Gasteiger partial charge in [0, 0.05) is 31.5 Å². The van der Waals surface area contributed by atoms with Crippen LogP contribution in [0.3, 0.4) is 0 Å². The number of carbonyl (C=O) groups is 1. The molecule has 0 fully saturated rings. The van der Waals surface area contributed by atoms with Crippen LogP contribution in [0.25, 0.3) is 0 Å². The first kappa shape index (κ1) is 13.5. The molecule has 2 heterocycles. The van der Waals surface area contributed by atoms with Crippen molar-refractivity contribution >= 4 is 17.3 Å². The lowest BCUT2D eigenvalue weighted by molar-refractivity contribution is -0.121. The number of benzene rings is 1. The van der Waals surface area contributed by atoms with Crippen molar-refractivity contribution in [2.75, 3.05) is 23.9 Å². The van der Waals surface area contributed by atoms with Gasteiger partial charge in [0.15, 0.2) is 0 Å². The summed E-state index contributed by atoms with van der Waals surface area (Å²) in [6.07, 6.45) is 1.08. The predicted molar refractivity (Wildman–Crippen MR) is 83.6 cm³/mol. The number of fused-ring (bicyclic) bond motifs is 2. The third kappa shape index (κ3) is 1.55. The topological polar surface area (TPSA) is 23.6 Å². The van der Waals surface area contributed by atoms with E-state index in [1.165, 1.54) is 16.8 Å². The Bertz CT molecular complexity index is 589. The molecule has 0 N–H and O–H groups in total. The molecule has 2 aliphatic rings.